The second kappa shape index (κ2) is 6.68. The maximum atomic E-state index is 12.5. The van der Waals surface area contributed by atoms with E-state index < -0.39 is 0 Å². The molecule has 0 N–H and O–H groups in total. The Bertz CT molecular complexity index is 770. The highest BCUT2D eigenvalue weighted by Gasteiger charge is 2.23. The lowest BCUT2D eigenvalue weighted by atomic mass is 10.1. The van der Waals surface area contributed by atoms with Crippen molar-refractivity contribution in [1.29, 1.82) is 0 Å². The van der Waals surface area contributed by atoms with Crippen molar-refractivity contribution in [2.24, 2.45) is 0 Å². The van der Waals surface area contributed by atoms with Gasteiger partial charge in [-0.3, -0.25) is 14.7 Å². The number of aromatic nitrogens is 2. The van der Waals surface area contributed by atoms with Gasteiger partial charge in [-0.15, -0.1) is 0 Å². The molecule has 7 nitrogen and oxygen atoms in total. The van der Waals surface area contributed by atoms with Crippen LogP contribution in [0.25, 0.3) is 0 Å². The predicted molar refractivity (Wildman–Crippen MR) is 90.5 cm³/mol. The van der Waals surface area contributed by atoms with Gasteiger partial charge in [-0.2, -0.15) is 0 Å². The van der Waals surface area contributed by atoms with E-state index in [0.29, 0.717) is 25.6 Å². The van der Waals surface area contributed by atoms with Gasteiger partial charge in [0.15, 0.2) is 11.5 Å². The van der Waals surface area contributed by atoms with Gasteiger partial charge in [0.2, 0.25) is 6.79 Å². The summed E-state index contributed by atoms with van der Waals surface area (Å²) < 4.78 is 10.8. The van der Waals surface area contributed by atoms with E-state index in [1.165, 1.54) is 5.56 Å². The summed E-state index contributed by atoms with van der Waals surface area (Å²) in [5.41, 5.74) is 2.41. The Morgan fingerprint density at radius 2 is 1.88 bits per heavy atom. The topological polar surface area (TPSA) is 67.8 Å². The van der Waals surface area contributed by atoms with E-state index in [0.717, 1.165) is 36.8 Å². The van der Waals surface area contributed by atoms with E-state index >= 15 is 0 Å². The molecule has 0 radical (unpaired) electrons. The van der Waals surface area contributed by atoms with Gasteiger partial charge in [0.05, 0.1) is 11.9 Å². The van der Waals surface area contributed by atoms with E-state index in [1.54, 1.807) is 12.4 Å². The van der Waals surface area contributed by atoms with Crippen molar-refractivity contribution in [2.45, 2.75) is 13.5 Å². The number of nitrogens with zero attached hydrogens (tertiary/aromatic N) is 4. The van der Waals surface area contributed by atoms with Crippen LogP contribution < -0.4 is 9.47 Å². The normalized spacial score (nSPS) is 16.9. The molecule has 0 saturated carbocycles. The predicted octanol–water partition coefficient (Wildman–Crippen LogP) is 1.47. The maximum Gasteiger partial charge on any atom is 0.274 e. The summed E-state index contributed by atoms with van der Waals surface area (Å²) >= 11 is 0. The fourth-order valence-electron chi connectivity index (χ4n) is 3.07. The van der Waals surface area contributed by atoms with Crippen molar-refractivity contribution in [3.05, 3.63) is 47.5 Å². The number of aryl methyl sites for hydroxylation is 1. The van der Waals surface area contributed by atoms with Crippen LogP contribution in [0.4, 0.5) is 0 Å². The highest BCUT2D eigenvalue weighted by Crippen LogP contribution is 2.32. The van der Waals surface area contributed by atoms with Crippen LogP contribution in [0.3, 0.4) is 0 Å². The number of hydrogen-bond acceptors (Lipinski definition) is 6. The number of amides is 1. The molecule has 0 aliphatic carbocycles. The summed E-state index contributed by atoms with van der Waals surface area (Å²) in [6, 6.07) is 6.04. The maximum absolute atomic E-state index is 12.5. The highest BCUT2D eigenvalue weighted by molar-refractivity contribution is 5.92. The SMILES string of the molecule is Cc1cnc(C(=O)N2CCN(Cc3ccc4c(c3)OCO4)CC2)cn1. The summed E-state index contributed by atoms with van der Waals surface area (Å²) in [6.07, 6.45) is 3.18. The first-order valence-corrected chi connectivity index (χ1v) is 8.38. The van der Waals surface area contributed by atoms with Gasteiger partial charge >= 0.3 is 0 Å². The molecular weight excluding hydrogens is 320 g/mol. The average molecular weight is 340 g/mol. The third-order valence-electron chi connectivity index (χ3n) is 4.50. The van der Waals surface area contributed by atoms with Gasteiger partial charge in [-0.1, -0.05) is 6.07 Å². The molecule has 0 unspecified atom stereocenters. The smallest absolute Gasteiger partial charge is 0.274 e. The molecule has 2 aromatic rings. The van der Waals surface area contributed by atoms with Crippen molar-refractivity contribution in [3.63, 3.8) is 0 Å². The number of hydrogen-bond donors (Lipinski definition) is 0. The molecule has 0 atom stereocenters. The zero-order chi connectivity index (χ0) is 17.2. The van der Waals surface area contributed by atoms with Crippen LogP contribution in [-0.4, -0.2) is 58.6 Å². The molecular formula is C18H20N4O3. The number of carbonyl (C=O) groups excluding carboxylic acids is 1. The van der Waals surface area contributed by atoms with E-state index in [1.807, 2.05) is 24.0 Å². The summed E-state index contributed by atoms with van der Waals surface area (Å²) in [7, 11) is 0. The third kappa shape index (κ3) is 3.41. The van der Waals surface area contributed by atoms with Gasteiger partial charge in [-0.05, 0) is 24.6 Å². The molecule has 1 fully saturated rings. The second-order valence-corrected chi connectivity index (χ2v) is 6.30. The Morgan fingerprint density at radius 1 is 1.08 bits per heavy atom. The molecule has 4 rings (SSSR count). The Hall–Kier alpha value is -2.67. The summed E-state index contributed by atoms with van der Waals surface area (Å²) in [5, 5.41) is 0. The van der Waals surface area contributed by atoms with E-state index in [2.05, 4.69) is 20.9 Å². The zero-order valence-corrected chi connectivity index (χ0v) is 14.1. The lowest BCUT2D eigenvalue weighted by Gasteiger charge is -2.34. The Kier molecular flexibility index (Phi) is 4.23. The second-order valence-electron chi connectivity index (χ2n) is 6.30. The fraction of sp³-hybridized carbons (Fsp3) is 0.389. The first kappa shape index (κ1) is 15.8. The molecule has 1 aromatic heterocycles. The molecule has 0 bridgehead atoms. The number of piperazine rings is 1. The van der Waals surface area contributed by atoms with Crippen LogP contribution in [0.5, 0.6) is 11.5 Å². The summed E-state index contributed by atoms with van der Waals surface area (Å²) in [6.45, 7) is 6.04. The first-order valence-electron chi connectivity index (χ1n) is 8.38. The molecule has 130 valence electrons. The van der Waals surface area contributed by atoms with Crippen molar-refractivity contribution < 1.29 is 14.3 Å². The third-order valence-corrected chi connectivity index (χ3v) is 4.50. The largest absolute Gasteiger partial charge is 0.454 e. The number of benzene rings is 1. The lowest BCUT2D eigenvalue weighted by molar-refractivity contribution is 0.0622. The van der Waals surface area contributed by atoms with Crippen molar-refractivity contribution >= 4 is 5.91 Å². The Morgan fingerprint density at radius 3 is 2.64 bits per heavy atom. The minimum Gasteiger partial charge on any atom is -0.454 e. The quantitative estimate of drug-likeness (QED) is 0.843. The van der Waals surface area contributed by atoms with Crippen LogP contribution in [-0.2, 0) is 6.54 Å². The molecule has 0 spiro atoms. The van der Waals surface area contributed by atoms with Crippen LogP contribution in [0.2, 0.25) is 0 Å². The highest BCUT2D eigenvalue weighted by atomic mass is 16.7. The molecule has 1 aromatic carbocycles. The zero-order valence-electron chi connectivity index (χ0n) is 14.1. The van der Waals surface area contributed by atoms with E-state index in [4.69, 9.17) is 9.47 Å². The molecule has 1 amide bonds. The van der Waals surface area contributed by atoms with E-state index in [9.17, 15) is 4.79 Å². The Balaban J connectivity index is 1.33. The minimum absolute atomic E-state index is 0.0461. The monoisotopic (exact) mass is 340 g/mol. The number of rotatable bonds is 3. The lowest BCUT2D eigenvalue weighted by Crippen LogP contribution is -2.48. The number of fused-ring (bicyclic) bond motifs is 1. The number of carbonyl (C=O) groups is 1. The molecule has 3 heterocycles. The van der Waals surface area contributed by atoms with Gasteiger partial charge in [-0.25, -0.2) is 4.98 Å². The molecule has 7 heteroatoms. The van der Waals surface area contributed by atoms with Crippen LogP contribution in [0.1, 0.15) is 21.7 Å². The van der Waals surface area contributed by atoms with Crippen molar-refractivity contribution in [2.75, 3.05) is 33.0 Å². The molecule has 2 aliphatic heterocycles. The van der Waals surface area contributed by atoms with Crippen molar-refractivity contribution in [3.8, 4) is 11.5 Å². The van der Waals surface area contributed by atoms with Crippen molar-refractivity contribution in [1.82, 2.24) is 19.8 Å². The van der Waals surface area contributed by atoms with Crippen LogP contribution in [0.15, 0.2) is 30.6 Å². The van der Waals surface area contributed by atoms with Gasteiger partial charge in [0.25, 0.3) is 5.91 Å². The fourth-order valence-corrected chi connectivity index (χ4v) is 3.07. The molecule has 25 heavy (non-hydrogen) atoms. The minimum atomic E-state index is -0.0461. The molecule has 1 saturated heterocycles. The average Bonchev–Trinajstić information content (AvgIpc) is 3.10. The van der Waals surface area contributed by atoms with Gasteiger partial charge in [0, 0.05) is 38.9 Å². The molecule has 2 aliphatic rings. The van der Waals surface area contributed by atoms with Gasteiger partial charge < -0.3 is 14.4 Å². The van der Waals surface area contributed by atoms with E-state index in [-0.39, 0.29) is 5.91 Å². The summed E-state index contributed by atoms with van der Waals surface area (Å²) in [4.78, 5) is 25.0. The first-order chi connectivity index (χ1) is 12.2. The Labute approximate surface area is 146 Å². The van der Waals surface area contributed by atoms with Crippen LogP contribution >= 0.6 is 0 Å². The van der Waals surface area contributed by atoms with Gasteiger partial charge in [0.1, 0.15) is 5.69 Å². The standard InChI is InChI=1S/C18H20N4O3/c1-13-9-20-15(10-19-13)18(23)22-6-4-21(5-7-22)11-14-2-3-16-17(8-14)25-12-24-16/h2-3,8-10H,4-7,11-12H2,1H3. The summed E-state index contributed by atoms with van der Waals surface area (Å²) in [5.74, 6) is 1.57. The van der Waals surface area contributed by atoms with Crippen LogP contribution in [0, 0.1) is 6.92 Å². The number of ether oxygens (including phenoxy) is 2.